The van der Waals surface area contributed by atoms with Crippen LogP contribution in [0.1, 0.15) is 10.4 Å². The highest BCUT2D eigenvalue weighted by Gasteiger charge is 2.17. The first kappa shape index (κ1) is 14.4. The van der Waals surface area contributed by atoms with Gasteiger partial charge in [-0.1, -0.05) is 0 Å². The van der Waals surface area contributed by atoms with E-state index in [2.05, 4.69) is 10.0 Å². The van der Waals surface area contributed by atoms with Crippen LogP contribution in [0.25, 0.3) is 0 Å². The van der Waals surface area contributed by atoms with E-state index in [9.17, 15) is 13.2 Å². The molecule has 0 spiro atoms. The minimum atomic E-state index is -3.80. The monoisotopic (exact) mass is 274 g/mol. The molecule has 0 bridgehead atoms. The maximum atomic E-state index is 11.7. The minimum absolute atomic E-state index is 0.126. The van der Waals surface area contributed by atoms with Gasteiger partial charge in [-0.15, -0.1) is 0 Å². The summed E-state index contributed by atoms with van der Waals surface area (Å²) in [5.41, 5.74) is 0.188. The summed E-state index contributed by atoms with van der Waals surface area (Å²) in [7, 11) is -2.26. The van der Waals surface area contributed by atoms with Crippen molar-refractivity contribution in [1.82, 2.24) is 4.72 Å². The Bertz CT molecular complexity index is 541. The molecule has 0 atom stereocenters. The molecule has 0 aliphatic rings. The third kappa shape index (κ3) is 3.19. The Morgan fingerprint density at radius 3 is 2.56 bits per heavy atom. The summed E-state index contributed by atoms with van der Waals surface area (Å²) in [5, 5.41) is 20.2. The molecule has 0 aromatic heterocycles. The largest absolute Gasteiger partial charge is 0.478 e. The van der Waals surface area contributed by atoms with Crippen molar-refractivity contribution < 1.29 is 23.4 Å². The molecule has 8 heteroatoms. The van der Waals surface area contributed by atoms with Crippen LogP contribution in [0.4, 0.5) is 5.69 Å². The second-order valence-corrected chi connectivity index (χ2v) is 5.15. The number of hydrogen-bond donors (Lipinski definition) is 4. The molecule has 0 amide bonds. The summed E-state index contributed by atoms with van der Waals surface area (Å²) in [6, 6.07) is 3.73. The molecule has 0 saturated carbocycles. The zero-order valence-corrected chi connectivity index (χ0v) is 10.5. The van der Waals surface area contributed by atoms with Crippen LogP contribution < -0.4 is 10.0 Å². The quantitative estimate of drug-likeness (QED) is 0.566. The number of aromatic carboxylic acids is 1. The van der Waals surface area contributed by atoms with Crippen molar-refractivity contribution in [2.75, 3.05) is 25.5 Å². The Labute approximate surface area is 105 Å². The predicted octanol–water partition coefficient (Wildman–Crippen LogP) is -0.303. The van der Waals surface area contributed by atoms with Crippen molar-refractivity contribution in [2.45, 2.75) is 4.90 Å². The smallest absolute Gasteiger partial charge is 0.337 e. The van der Waals surface area contributed by atoms with Crippen molar-refractivity contribution in [3.05, 3.63) is 23.8 Å². The van der Waals surface area contributed by atoms with Crippen LogP contribution in [0, 0.1) is 0 Å². The Hall–Kier alpha value is -1.64. The standard InChI is InChI=1S/C10H14N2O5S/c1-11-9-3-2-7(6-8(9)10(14)15)18(16,17)12-4-5-13/h2-3,6,11-13H,4-5H2,1H3,(H,14,15). The van der Waals surface area contributed by atoms with Gasteiger partial charge in [0.2, 0.25) is 10.0 Å². The summed E-state index contributed by atoms with van der Waals surface area (Å²) in [4.78, 5) is 10.8. The normalized spacial score (nSPS) is 11.2. The van der Waals surface area contributed by atoms with Gasteiger partial charge in [-0.05, 0) is 18.2 Å². The van der Waals surface area contributed by atoms with Gasteiger partial charge in [-0.2, -0.15) is 0 Å². The van der Waals surface area contributed by atoms with E-state index in [1.54, 1.807) is 7.05 Å². The van der Waals surface area contributed by atoms with Crippen molar-refractivity contribution in [3.63, 3.8) is 0 Å². The minimum Gasteiger partial charge on any atom is -0.478 e. The molecule has 0 unspecified atom stereocenters. The molecular formula is C10H14N2O5S. The lowest BCUT2D eigenvalue weighted by Crippen LogP contribution is -2.26. The van der Waals surface area contributed by atoms with E-state index in [0.29, 0.717) is 5.69 Å². The van der Waals surface area contributed by atoms with Gasteiger partial charge in [0.05, 0.1) is 17.1 Å². The fraction of sp³-hybridized carbons (Fsp3) is 0.300. The third-order valence-corrected chi connectivity index (χ3v) is 3.66. The van der Waals surface area contributed by atoms with Crippen molar-refractivity contribution in [1.29, 1.82) is 0 Å². The number of carboxylic acids is 1. The summed E-state index contributed by atoms with van der Waals surface area (Å²) >= 11 is 0. The van der Waals surface area contributed by atoms with Crippen molar-refractivity contribution in [3.8, 4) is 0 Å². The molecule has 0 fully saturated rings. The molecule has 18 heavy (non-hydrogen) atoms. The highest BCUT2D eigenvalue weighted by Crippen LogP contribution is 2.20. The fourth-order valence-electron chi connectivity index (χ4n) is 1.35. The molecule has 0 radical (unpaired) electrons. The van der Waals surface area contributed by atoms with Crippen molar-refractivity contribution >= 4 is 21.7 Å². The maximum absolute atomic E-state index is 11.7. The Kier molecular flexibility index (Phi) is 4.65. The fourth-order valence-corrected chi connectivity index (χ4v) is 2.40. The molecular weight excluding hydrogens is 260 g/mol. The van der Waals surface area contributed by atoms with Crippen LogP contribution in [0.5, 0.6) is 0 Å². The first-order valence-corrected chi connectivity index (χ1v) is 6.56. The van der Waals surface area contributed by atoms with E-state index < -0.39 is 16.0 Å². The Morgan fingerprint density at radius 1 is 1.39 bits per heavy atom. The van der Waals surface area contributed by atoms with Crippen LogP contribution in [0.2, 0.25) is 0 Å². The average molecular weight is 274 g/mol. The molecule has 1 rings (SSSR count). The van der Waals surface area contributed by atoms with Gasteiger partial charge in [-0.25, -0.2) is 17.9 Å². The van der Waals surface area contributed by atoms with E-state index in [1.165, 1.54) is 12.1 Å². The van der Waals surface area contributed by atoms with Crippen LogP contribution in [0.3, 0.4) is 0 Å². The van der Waals surface area contributed by atoms with E-state index in [-0.39, 0.29) is 23.6 Å². The van der Waals surface area contributed by atoms with Gasteiger partial charge in [0.1, 0.15) is 0 Å². The van der Waals surface area contributed by atoms with Gasteiger partial charge in [0, 0.05) is 19.3 Å². The molecule has 1 aromatic carbocycles. The number of sulfonamides is 1. The number of benzene rings is 1. The highest BCUT2D eigenvalue weighted by atomic mass is 32.2. The highest BCUT2D eigenvalue weighted by molar-refractivity contribution is 7.89. The lowest BCUT2D eigenvalue weighted by molar-refractivity contribution is 0.0697. The molecule has 1 aromatic rings. The van der Waals surface area contributed by atoms with E-state index in [4.69, 9.17) is 10.2 Å². The van der Waals surface area contributed by atoms with E-state index >= 15 is 0 Å². The molecule has 7 nitrogen and oxygen atoms in total. The van der Waals surface area contributed by atoms with Crippen LogP contribution in [-0.2, 0) is 10.0 Å². The topological polar surface area (TPSA) is 116 Å². The SMILES string of the molecule is CNc1ccc(S(=O)(=O)NCCO)cc1C(=O)O. The number of hydrogen-bond acceptors (Lipinski definition) is 5. The van der Waals surface area contributed by atoms with Gasteiger partial charge in [-0.3, -0.25) is 0 Å². The molecule has 0 saturated heterocycles. The molecule has 0 aliphatic heterocycles. The number of aliphatic hydroxyl groups excluding tert-OH is 1. The van der Waals surface area contributed by atoms with Crippen LogP contribution in [0.15, 0.2) is 23.1 Å². The summed E-state index contributed by atoms with van der Waals surface area (Å²) in [6.07, 6.45) is 0. The van der Waals surface area contributed by atoms with Gasteiger partial charge in [0.15, 0.2) is 0 Å². The number of nitrogens with one attached hydrogen (secondary N) is 2. The molecule has 4 N–H and O–H groups in total. The molecule has 0 aliphatic carbocycles. The second kappa shape index (κ2) is 5.80. The average Bonchev–Trinajstić information content (AvgIpc) is 2.35. The zero-order valence-electron chi connectivity index (χ0n) is 9.67. The Balaban J connectivity index is 3.20. The number of aliphatic hydroxyl groups is 1. The number of carboxylic acid groups (broad SMARTS) is 1. The van der Waals surface area contributed by atoms with E-state index in [0.717, 1.165) is 6.07 Å². The van der Waals surface area contributed by atoms with Crippen LogP contribution >= 0.6 is 0 Å². The van der Waals surface area contributed by atoms with Gasteiger partial charge in [0.25, 0.3) is 0 Å². The lowest BCUT2D eigenvalue weighted by Gasteiger charge is -2.09. The summed E-state index contributed by atoms with van der Waals surface area (Å²) in [5.74, 6) is -1.22. The predicted molar refractivity (Wildman–Crippen MR) is 65.2 cm³/mol. The number of rotatable bonds is 6. The number of carbonyl (C=O) groups is 1. The molecule has 100 valence electrons. The van der Waals surface area contributed by atoms with Gasteiger partial charge < -0.3 is 15.5 Å². The second-order valence-electron chi connectivity index (χ2n) is 3.38. The Morgan fingerprint density at radius 2 is 2.06 bits per heavy atom. The molecule has 0 heterocycles. The third-order valence-electron chi connectivity index (χ3n) is 2.20. The first-order valence-electron chi connectivity index (χ1n) is 5.08. The lowest BCUT2D eigenvalue weighted by atomic mass is 10.2. The zero-order chi connectivity index (χ0) is 13.8. The maximum Gasteiger partial charge on any atom is 0.337 e. The summed E-state index contributed by atoms with van der Waals surface area (Å²) < 4.78 is 25.6. The van der Waals surface area contributed by atoms with Gasteiger partial charge >= 0.3 is 5.97 Å². The van der Waals surface area contributed by atoms with Crippen LogP contribution in [-0.4, -0.2) is 44.8 Å². The van der Waals surface area contributed by atoms with E-state index in [1.807, 2.05) is 0 Å². The number of anilines is 1. The summed E-state index contributed by atoms with van der Waals surface area (Å²) in [6.45, 7) is -0.460. The van der Waals surface area contributed by atoms with Crippen molar-refractivity contribution in [2.24, 2.45) is 0 Å². The first-order chi connectivity index (χ1) is 8.42.